The molecule has 1 unspecified atom stereocenters. The van der Waals surface area contributed by atoms with Crippen LogP contribution in [0.5, 0.6) is 11.5 Å². The fourth-order valence-corrected chi connectivity index (χ4v) is 11.7. The Morgan fingerprint density at radius 2 is 0.896 bits per heavy atom. The number of hydrogen-bond donors (Lipinski definition) is 0. The van der Waals surface area contributed by atoms with E-state index in [0.717, 1.165) is 95.0 Å². The molecule has 2 aliphatic rings. The van der Waals surface area contributed by atoms with E-state index in [2.05, 4.69) is 188 Å². The Kier molecular flexibility index (Phi) is 7.10. The molecule has 1 atom stereocenters. The summed E-state index contributed by atoms with van der Waals surface area (Å²) in [6.07, 6.45) is 3.83. The molecule has 1 spiro atoms. The number of pyridine rings is 2. The summed E-state index contributed by atoms with van der Waals surface area (Å²) in [4.78, 5) is 14.1. The third kappa shape index (κ3) is 4.68. The summed E-state index contributed by atoms with van der Waals surface area (Å²) in [6.45, 7) is 7.77. The lowest BCUT2D eigenvalue weighted by molar-refractivity contribution is 0.436. The third-order valence-corrected chi connectivity index (χ3v) is 14.4. The van der Waals surface area contributed by atoms with Gasteiger partial charge in [-0.05, 0) is 89.8 Å². The van der Waals surface area contributed by atoms with Crippen molar-refractivity contribution in [2.75, 3.05) is 0 Å². The van der Waals surface area contributed by atoms with E-state index in [4.69, 9.17) is 21.3 Å². The van der Waals surface area contributed by atoms with E-state index in [9.17, 15) is 0 Å². The van der Waals surface area contributed by atoms with Gasteiger partial charge in [-0.15, -0.1) is 0 Å². The zero-order valence-corrected chi connectivity index (χ0v) is 35.7. The highest BCUT2D eigenvalue weighted by Crippen LogP contribution is 2.62. The van der Waals surface area contributed by atoms with Crippen LogP contribution in [0.15, 0.2) is 207 Å². The first-order valence-electron chi connectivity index (χ1n) is 22.5. The maximum absolute atomic E-state index is 7.77. The molecule has 0 amide bonds. The number of para-hydroxylation sites is 5. The molecule has 6 heterocycles. The van der Waals surface area contributed by atoms with Crippen molar-refractivity contribution < 1.29 is 4.74 Å². The molecule has 0 radical (unpaired) electrons. The minimum absolute atomic E-state index is 0.614. The van der Waals surface area contributed by atoms with Crippen LogP contribution >= 0.6 is 0 Å². The molecular weight excluding hydrogens is 821 g/mol. The molecule has 0 saturated carbocycles. The van der Waals surface area contributed by atoms with Crippen molar-refractivity contribution in [3.05, 3.63) is 240 Å². The second kappa shape index (κ2) is 13.2. The Labute approximate surface area is 383 Å². The number of benzene rings is 8. The first kappa shape index (κ1) is 36.1. The number of ether oxygens (including phenoxy) is 1. The van der Waals surface area contributed by atoms with E-state index in [1.165, 1.54) is 32.6 Å². The minimum atomic E-state index is -0.793. The summed E-state index contributed by atoms with van der Waals surface area (Å²) < 4.78 is 14.1. The van der Waals surface area contributed by atoms with Gasteiger partial charge in [0.05, 0.1) is 68.4 Å². The topological polar surface area (TPSA) is 54.2 Å². The second-order valence-corrected chi connectivity index (χ2v) is 17.6. The maximum atomic E-state index is 7.77. The molecule has 7 heteroatoms. The lowest BCUT2D eigenvalue weighted by atomic mass is 9.66. The van der Waals surface area contributed by atoms with E-state index in [-0.39, 0.29) is 0 Å². The summed E-state index contributed by atoms with van der Waals surface area (Å²) in [5.74, 6) is 1.57. The summed E-state index contributed by atoms with van der Waals surface area (Å²) in [5, 5.41) is 6.96. The quantitative estimate of drug-likeness (QED) is 0.166. The van der Waals surface area contributed by atoms with E-state index < -0.39 is 5.41 Å². The molecule has 8 aromatic carbocycles. The van der Waals surface area contributed by atoms with Crippen LogP contribution in [0.1, 0.15) is 22.3 Å². The number of rotatable bonds is 3. The van der Waals surface area contributed by atoms with Crippen LogP contribution in [-0.2, 0) is 5.41 Å². The SMILES string of the molecule is [C-]#[N+]c1ccc2c(c1)c1ccccc1n2-c1cnc2c(c1)C1(c3ccccc3Oc3cc(-n4c5ccccc5c5cc(-n6c7ccccc7c7ccccc76)ccc54)ccc31)c1cccnc1-2. The first-order valence-corrected chi connectivity index (χ1v) is 22.5. The number of fused-ring (bicyclic) bond motifs is 18. The van der Waals surface area contributed by atoms with Crippen molar-refractivity contribution in [1.82, 2.24) is 23.7 Å². The van der Waals surface area contributed by atoms with Crippen molar-refractivity contribution in [2.45, 2.75) is 5.41 Å². The molecular formula is C60H34N6O. The Balaban J connectivity index is 0.958. The van der Waals surface area contributed by atoms with Gasteiger partial charge in [0.25, 0.3) is 0 Å². The van der Waals surface area contributed by atoms with Crippen LogP contribution in [0.25, 0.3) is 98.7 Å². The van der Waals surface area contributed by atoms with Gasteiger partial charge in [0.15, 0.2) is 5.69 Å². The number of hydrogen-bond acceptors (Lipinski definition) is 3. The van der Waals surface area contributed by atoms with Crippen LogP contribution < -0.4 is 4.74 Å². The smallest absolute Gasteiger partial charge is 0.188 e. The predicted molar refractivity (Wildman–Crippen MR) is 269 cm³/mol. The molecule has 0 saturated heterocycles. The number of nitrogens with zero attached hydrogens (tertiary/aromatic N) is 6. The molecule has 13 aromatic rings. The highest BCUT2D eigenvalue weighted by molar-refractivity contribution is 6.13. The Morgan fingerprint density at radius 1 is 0.388 bits per heavy atom. The number of aromatic nitrogens is 5. The monoisotopic (exact) mass is 854 g/mol. The summed E-state index contributed by atoms with van der Waals surface area (Å²) in [7, 11) is 0. The van der Waals surface area contributed by atoms with Crippen molar-refractivity contribution in [3.8, 4) is 39.9 Å². The Morgan fingerprint density at radius 3 is 1.58 bits per heavy atom. The van der Waals surface area contributed by atoms with Crippen LogP contribution in [0.4, 0.5) is 5.69 Å². The molecule has 0 fully saturated rings. The fraction of sp³-hybridized carbons (Fsp3) is 0.0167. The second-order valence-electron chi connectivity index (χ2n) is 17.6. The maximum Gasteiger partial charge on any atom is 0.188 e. The van der Waals surface area contributed by atoms with Gasteiger partial charge in [-0.1, -0.05) is 109 Å². The predicted octanol–water partition coefficient (Wildman–Crippen LogP) is 14.8. The molecule has 15 rings (SSSR count). The van der Waals surface area contributed by atoms with Crippen molar-refractivity contribution in [2.24, 2.45) is 0 Å². The fourth-order valence-electron chi connectivity index (χ4n) is 11.7. The van der Waals surface area contributed by atoms with Gasteiger partial charge in [0.1, 0.15) is 11.5 Å². The molecule has 7 nitrogen and oxygen atoms in total. The Bertz CT molecular complexity index is 4300. The van der Waals surface area contributed by atoms with Gasteiger partial charge in [0.2, 0.25) is 0 Å². The summed E-state index contributed by atoms with van der Waals surface area (Å²) in [5.41, 5.74) is 15.4. The van der Waals surface area contributed by atoms with Crippen LogP contribution in [0, 0.1) is 6.57 Å². The van der Waals surface area contributed by atoms with E-state index in [0.29, 0.717) is 5.69 Å². The van der Waals surface area contributed by atoms with Crippen molar-refractivity contribution in [1.29, 1.82) is 0 Å². The zero-order valence-electron chi connectivity index (χ0n) is 35.7. The van der Waals surface area contributed by atoms with Crippen LogP contribution in [0.3, 0.4) is 0 Å². The molecule has 0 N–H and O–H groups in total. The van der Waals surface area contributed by atoms with Crippen LogP contribution in [-0.4, -0.2) is 23.7 Å². The molecule has 5 aromatic heterocycles. The van der Waals surface area contributed by atoms with E-state index in [1.54, 1.807) is 0 Å². The van der Waals surface area contributed by atoms with Gasteiger partial charge in [0, 0.05) is 67.3 Å². The van der Waals surface area contributed by atoms with Crippen molar-refractivity contribution in [3.63, 3.8) is 0 Å². The summed E-state index contributed by atoms with van der Waals surface area (Å²) in [6, 6.07) is 69.0. The molecule has 310 valence electrons. The van der Waals surface area contributed by atoms with Gasteiger partial charge in [-0.25, -0.2) is 4.85 Å². The molecule has 67 heavy (non-hydrogen) atoms. The van der Waals surface area contributed by atoms with E-state index >= 15 is 0 Å². The average Bonchev–Trinajstić information content (AvgIpc) is 4.10. The minimum Gasteiger partial charge on any atom is -0.457 e. The van der Waals surface area contributed by atoms with Gasteiger partial charge in [-0.2, -0.15) is 0 Å². The highest BCUT2D eigenvalue weighted by atomic mass is 16.5. The summed E-state index contributed by atoms with van der Waals surface area (Å²) >= 11 is 0. The zero-order chi connectivity index (χ0) is 44.0. The average molecular weight is 855 g/mol. The highest BCUT2D eigenvalue weighted by Gasteiger charge is 2.52. The lowest BCUT2D eigenvalue weighted by Crippen LogP contribution is -2.32. The van der Waals surface area contributed by atoms with Gasteiger partial charge < -0.3 is 18.4 Å². The third-order valence-electron chi connectivity index (χ3n) is 14.4. The standard InChI is InChI=1S/C60H34N6O/c1-61-36-24-28-54-44(31-36)42-15-4-10-22-53(42)66(54)39-33-49-59(63-35-39)58-48(18-12-30-62-58)60(49)46-17-6-11-23-56(46)67-57-34-38(25-27-47(57)60)65-52-21-9-5-16-43(52)45-32-37(26-29-55(45)65)64-50-19-7-2-13-40(50)41-14-3-8-20-51(41)64/h2-35H. The van der Waals surface area contributed by atoms with Crippen molar-refractivity contribution >= 4 is 71.1 Å². The van der Waals surface area contributed by atoms with E-state index in [1.807, 2.05) is 36.7 Å². The normalized spacial score (nSPS) is 14.7. The largest absolute Gasteiger partial charge is 0.457 e. The van der Waals surface area contributed by atoms with Gasteiger partial charge in [-0.3, -0.25) is 9.97 Å². The van der Waals surface area contributed by atoms with Crippen LogP contribution in [0.2, 0.25) is 0 Å². The first-order chi connectivity index (χ1) is 33.2. The molecule has 1 aliphatic carbocycles. The lowest BCUT2D eigenvalue weighted by Gasteiger charge is -2.39. The van der Waals surface area contributed by atoms with Gasteiger partial charge >= 0.3 is 0 Å². The molecule has 0 bridgehead atoms. The Hall–Kier alpha value is -9.25. The molecule has 1 aliphatic heterocycles.